The Balaban J connectivity index is 1.67. The molecule has 0 unspecified atom stereocenters. The molecular weight excluding hydrogens is 415 g/mol. The Labute approximate surface area is 200 Å². The van der Waals surface area contributed by atoms with Crippen molar-refractivity contribution in [3.63, 3.8) is 0 Å². The van der Waals surface area contributed by atoms with Gasteiger partial charge in [0.1, 0.15) is 5.75 Å². The fraction of sp³-hybridized carbons (Fsp3) is 0.643. The van der Waals surface area contributed by atoms with E-state index in [1.807, 2.05) is 24.3 Å². The fourth-order valence-corrected chi connectivity index (χ4v) is 3.78. The van der Waals surface area contributed by atoms with Gasteiger partial charge in [0.2, 0.25) is 0 Å². The Hall–Kier alpha value is -2.17. The van der Waals surface area contributed by atoms with E-state index in [0.717, 1.165) is 37.2 Å². The second kappa shape index (κ2) is 17.3. The Morgan fingerprint density at radius 2 is 1.18 bits per heavy atom. The van der Waals surface area contributed by atoms with Crippen molar-refractivity contribution < 1.29 is 13.9 Å². The molecule has 0 aliphatic rings. The molecule has 2 rings (SSSR count). The van der Waals surface area contributed by atoms with E-state index in [1.54, 1.807) is 0 Å². The van der Waals surface area contributed by atoms with Crippen molar-refractivity contribution in [3.8, 4) is 22.9 Å². The maximum absolute atomic E-state index is 14.4. The van der Waals surface area contributed by atoms with Crippen LogP contribution in [0, 0.1) is 5.95 Å². The van der Waals surface area contributed by atoms with E-state index in [4.69, 9.17) is 9.47 Å². The van der Waals surface area contributed by atoms with Crippen molar-refractivity contribution in [3.05, 3.63) is 36.4 Å². The van der Waals surface area contributed by atoms with Crippen LogP contribution in [0.2, 0.25) is 0 Å². The molecule has 0 bridgehead atoms. The van der Waals surface area contributed by atoms with Crippen LogP contribution in [0.4, 0.5) is 4.39 Å². The normalized spacial score (nSPS) is 11.0. The summed E-state index contributed by atoms with van der Waals surface area (Å²) in [4.78, 5) is 8.29. The average molecular weight is 459 g/mol. The molecule has 33 heavy (non-hydrogen) atoms. The highest BCUT2D eigenvalue weighted by Crippen LogP contribution is 2.23. The van der Waals surface area contributed by atoms with Crippen LogP contribution in [0.1, 0.15) is 104 Å². The van der Waals surface area contributed by atoms with Crippen molar-refractivity contribution in [1.82, 2.24) is 9.97 Å². The second-order valence-corrected chi connectivity index (χ2v) is 8.81. The van der Waals surface area contributed by atoms with Crippen molar-refractivity contribution in [2.45, 2.75) is 104 Å². The van der Waals surface area contributed by atoms with Crippen LogP contribution >= 0.6 is 0 Å². The predicted octanol–water partition coefficient (Wildman–Crippen LogP) is 8.54. The van der Waals surface area contributed by atoms with Crippen LogP contribution in [-0.4, -0.2) is 23.2 Å². The zero-order valence-electron chi connectivity index (χ0n) is 20.8. The van der Waals surface area contributed by atoms with Crippen LogP contribution < -0.4 is 9.47 Å². The van der Waals surface area contributed by atoms with E-state index in [0.29, 0.717) is 12.4 Å². The number of unbranched alkanes of at least 4 members (excludes halogenated alkanes) is 12. The number of benzene rings is 1. The third-order valence-corrected chi connectivity index (χ3v) is 5.85. The third-order valence-electron chi connectivity index (χ3n) is 5.85. The number of nitrogens with zero attached hydrogens (tertiary/aromatic N) is 2. The number of halogens is 1. The van der Waals surface area contributed by atoms with E-state index >= 15 is 0 Å². The van der Waals surface area contributed by atoms with E-state index in [2.05, 4.69) is 23.8 Å². The molecule has 1 aromatic carbocycles. The Morgan fingerprint density at radius 3 is 1.73 bits per heavy atom. The number of aromatic nitrogens is 2. The van der Waals surface area contributed by atoms with E-state index in [1.165, 1.54) is 76.8 Å². The zero-order valence-corrected chi connectivity index (χ0v) is 20.8. The maximum Gasteiger partial charge on any atom is 0.258 e. The first kappa shape index (κ1) is 27.1. The fourth-order valence-electron chi connectivity index (χ4n) is 3.78. The summed E-state index contributed by atoms with van der Waals surface area (Å²) in [7, 11) is 0. The van der Waals surface area contributed by atoms with Crippen molar-refractivity contribution in [2.75, 3.05) is 13.2 Å². The second-order valence-electron chi connectivity index (χ2n) is 8.81. The number of rotatable bonds is 19. The van der Waals surface area contributed by atoms with E-state index in [9.17, 15) is 4.39 Å². The molecule has 5 heteroatoms. The zero-order chi connectivity index (χ0) is 23.6. The smallest absolute Gasteiger partial charge is 0.258 e. The van der Waals surface area contributed by atoms with Gasteiger partial charge in [-0.1, -0.05) is 90.9 Å². The molecule has 1 heterocycles. The topological polar surface area (TPSA) is 44.2 Å². The van der Waals surface area contributed by atoms with Gasteiger partial charge in [0.05, 0.1) is 19.4 Å². The standard InChI is InChI=1S/C28H43FN2O2/c1-3-5-7-9-11-12-14-16-22-33-26-23-30-28(31-27(26)29)24-17-19-25(20-18-24)32-21-15-13-10-8-6-4-2/h17-20,23H,3-16,21-22H2,1-2H3. The summed E-state index contributed by atoms with van der Waals surface area (Å²) in [5.41, 5.74) is 0.760. The first-order chi connectivity index (χ1) is 16.2. The van der Waals surface area contributed by atoms with E-state index in [-0.39, 0.29) is 5.75 Å². The van der Waals surface area contributed by atoms with Crippen molar-refractivity contribution in [1.29, 1.82) is 0 Å². The van der Waals surface area contributed by atoms with Gasteiger partial charge in [-0.05, 0) is 37.1 Å². The van der Waals surface area contributed by atoms with Gasteiger partial charge in [-0.2, -0.15) is 9.37 Å². The molecule has 2 aromatic rings. The summed E-state index contributed by atoms with van der Waals surface area (Å²) in [6.07, 6.45) is 18.7. The molecule has 1 aromatic heterocycles. The average Bonchev–Trinajstić information content (AvgIpc) is 2.83. The molecule has 0 saturated heterocycles. The summed E-state index contributed by atoms with van der Waals surface area (Å²) in [6.45, 7) is 5.68. The summed E-state index contributed by atoms with van der Waals surface area (Å²) in [5.74, 6) is 0.691. The molecule has 0 atom stereocenters. The lowest BCUT2D eigenvalue weighted by atomic mass is 10.1. The molecule has 0 N–H and O–H groups in total. The van der Waals surface area contributed by atoms with Crippen molar-refractivity contribution >= 4 is 0 Å². The van der Waals surface area contributed by atoms with Crippen LogP contribution in [0.25, 0.3) is 11.4 Å². The summed E-state index contributed by atoms with van der Waals surface area (Å²) >= 11 is 0. The Bertz CT molecular complexity index is 752. The van der Waals surface area contributed by atoms with Gasteiger partial charge in [0.15, 0.2) is 11.6 Å². The molecule has 0 saturated carbocycles. The molecule has 184 valence electrons. The summed E-state index contributed by atoms with van der Waals surface area (Å²) < 4.78 is 25.7. The van der Waals surface area contributed by atoms with Crippen LogP contribution in [0.5, 0.6) is 11.5 Å². The van der Waals surface area contributed by atoms with Gasteiger partial charge >= 0.3 is 0 Å². The first-order valence-electron chi connectivity index (χ1n) is 13.1. The maximum atomic E-state index is 14.4. The number of hydrogen-bond donors (Lipinski definition) is 0. The highest BCUT2D eigenvalue weighted by atomic mass is 19.1. The SMILES string of the molecule is CCCCCCCCCCOc1cnc(-c2ccc(OCCCCCCCC)cc2)nc1F. The molecule has 0 aliphatic heterocycles. The van der Waals surface area contributed by atoms with Gasteiger partial charge in [0, 0.05) is 5.56 Å². The molecule has 0 spiro atoms. The van der Waals surface area contributed by atoms with Crippen LogP contribution in [0.15, 0.2) is 30.5 Å². The first-order valence-corrected chi connectivity index (χ1v) is 13.1. The van der Waals surface area contributed by atoms with Gasteiger partial charge in [0.25, 0.3) is 5.95 Å². The largest absolute Gasteiger partial charge is 0.494 e. The molecule has 0 fully saturated rings. The van der Waals surface area contributed by atoms with Crippen molar-refractivity contribution in [2.24, 2.45) is 0 Å². The molecular formula is C28H43FN2O2. The van der Waals surface area contributed by atoms with E-state index < -0.39 is 5.95 Å². The minimum absolute atomic E-state index is 0.126. The molecule has 0 radical (unpaired) electrons. The van der Waals surface area contributed by atoms with Crippen LogP contribution in [-0.2, 0) is 0 Å². The highest BCUT2D eigenvalue weighted by Gasteiger charge is 2.10. The lowest BCUT2D eigenvalue weighted by molar-refractivity contribution is 0.284. The number of hydrogen-bond acceptors (Lipinski definition) is 4. The van der Waals surface area contributed by atoms with Gasteiger partial charge in [-0.25, -0.2) is 4.98 Å². The Morgan fingerprint density at radius 1 is 0.667 bits per heavy atom. The number of ether oxygens (including phenoxy) is 2. The third kappa shape index (κ3) is 11.5. The molecule has 4 nitrogen and oxygen atoms in total. The predicted molar refractivity (Wildman–Crippen MR) is 134 cm³/mol. The van der Waals surface area contributed by atoms with Gasteiger partial charge in [-0.15, -0.1) is 0 Å². The minimum Gasteiger partial charge on any atom is -0.494 e. The summed E-state index contributed by atoms with van der Waals surface area (Å²) in [6, 6.07) is 7.51. The molecule has 0 aliphatic carbocycles. The minimum atomic E-state index is -0.608. The monoisotopic (exact) mass is 458 g/mol. The Kier molecular flexibility index (Phi) is 14.2. The van der Waals surface area contributed by atoms with Gasteiger partial charge in [-0.3, -0.25) is 0 Å². The highest BCUT2D eigenvalue weighted by molar-refractivity contribution is 5.56. The lowest BCUT2D eigenvalue weighted by Crippen LogP contribution is -2.03. The van der Waals surface area contributed by atoms with Gasteiger partial charge < -0.3 is 9.47 Å². The van der Waals surface area contributed by atoms with Crippen LogP contribution in [0.3, 0.4) is 0 Å². The quantitative estimate of drug-likeness (QED) is 0.156. The lowest BCUT2D eigenvalue weighted by Gasteiger charge is -2.09. The summed E-state index contributed by atoms with van der Waals surface area (Å²) in [5, 5.41) is 0. The molecule has 0 amide bonds.